The number of esters is 1. The molecular formula is C16H17IN4O2. The first-order valence-corrected chi connectivity index (χ1v) is 9.07. The van der Waals surface area contributed by atoms with Crippen molar-refractivity contribution in [3.05, 3.63) is 41.3 Å². The third kappa shape index (κ3) is 3.95. The number of hydrogen-bond acceptors (Lipinski definition) is 6. The van der Waals surface area contributed by atoms with Gasteiger partial charge in [-0.3, -0.25) is 0 Å². The molecule has 0 aliphatic heterocycles. The molecule has 0 spiro atoms. The predicted molar refractivity (Wildman–Crippen MR) is 95.2 cm³/mol. The fourth-order valence-corrected chi connectivity index (χ4v) is 2.58. The van der Waals surface area contributed by atoms with Gasteiger partial charge in [-0.2, -0.15) is 5.10 Å². The van der Waals surface area contributed by atoms with Crippen molar-refractivity contribution in [1.29, 1.82) is 0 Å². The van der Waals surface area contributed by atoms with Crippen molar-refractivity contribution in [2.45, 2.75) is 30.1 Å². The lowest BCUT2D eigenvalue weighted by Gasteiger charge is -2.11. The minimum absolute atomic E-state index is 0.180. The highest BCUT2D eigenvalue weighted by atomic mass is 127. The Kier molecular flexibility index (Phi) is 5.04. The van der Waals surface area contributed by atoms with E-state index in [2.05, 4.69) is 43.1 Å². The highest BCUT2D eigenvalue weighted by Gasteiger charge is 2.25. The Hall–Kier alpha value is -1.77. The zero-order valence-corrected chi connectivity index (χ0v) is 14.9. The van der Waals surface area contributed by atoms with Crippen LogP contribution in [0.4, 0.5) is 11.5 Å². The molecule has 1 aliphatic rings. The summed E-state index contributed by atoms with van der Waals surface area (Å²) < 4.78 is 5.75. The van der Waals surface area contributed by atoms with E-state index in [4.69, 9.17) is 4.74 Å². The van der Waals surface area contributed by atoms with Gasteiger partial charge in [-0.15, -0.1) is 5.10 Å². The van der Waals surface area contributed by atoms with Gasteiger partial charge in [0.05, 0.1) is 18.0 Å². The SMILES string of the molecule is CCOC(=O)c1nnc(CI)cc1Nc1cccc(C2CC2)n1. The van der Waals surface area contributed by atoms with Gasteiger partial charge in [0.15, 0.2) is 5.69 Å². The number of hydrogen-bond donors (Lipinski definition) is 1. The average molecular weight is 424 g/mol. The Morgan fingerprint density at radius 2 is 2.22 bits per heavy atom. The third-order valence-corrected chi connectivity index (χ3v) is 4.26. The third-order valence-electron chi connectivity index (χ3n) is 3.48. The summed E-state index contributed by atoms with van der Waals surface area (Å²) in [6.07, 6.45) is 2.39. The van der Waals surface area contributed by atoms with Gasteiger partial charge in [0.2, 0.25) is 0 Å². The van der Waals surface area contributed by atoms with Crippen molar-refractivity contribution >= 4 is 40.1 Å². The maximum atomic E-state index is 12.1. The molecule has 2 aromatic heterocycles. The van der Waals surface area contributed by atoms with Crippen LogP contribution in [0.3, 0.4) is 0 Å². The number of aromatic nitrogens is 3. The number of rotatable bonds is 6. The van der Waals surface area contributed by atoms with Crippen LogP contribution >= 0.6 is 22.6 Å². The molecule has 0 unspecified atom stereocenters. The number of halogens is 1. The van der Waals surface area contributed by atoms with Gasteiger partial charge in [-0.05, 0) is 38.0 Å². The maximum absolute atomic E-state index is 12.1. The summed E-state index contributed by atoms with van der Waals surface area (Å²) >= 11 is 2.21. The topological polar surface area (TPSA) is 77.0 Å². The molecule has 1 aliphatic carbocycles. The number of nitrogens with one attached hydrogen (secondary N) is 1. The lowest BCUT2D eigenvalue weighted by atomic mass is 10.2. The Balaban J connectivity index is 1.90. The van der Waals surface area contributed by atoms with E-state index in [0.29, 0.717) is 28.5 Å². The number of carbonyl (C=O) groups is 1. The first-order valence-electron chi connectivity index (χ1n) is 7.55. The van der Waals surface area contributed by atoms with Gasteiger partial charge in [-0.25, -0.2) is 9.78 Å². The Labute approximate surface area is 148 Å². The highest BCUT2D eigenvalue weighted by Crippen LogP contribution is 2.39. The molecule has 0 atom stereocenters. The minimum Gasteiger partial charge on any atom is -0.461 e. The van der Waals surface area contributed by atoms with Gasteiger partial charge in [0.1, 0.15) is 5.82 Å². The molecule has 1 fully saturated rings. The van der Waals surface area contributed by atoms with Crippen LogP contribution in [0.5, 0.6) is 0 Å². The molecule has 3 rings (SSSR count). The quantitative estimate of drug-likeness (QED) is 0.434. The van der Waals surface area contributed by atoms with Gasteiger partial charge >= 0.3 is 5.97 Å². The number of alkyl halides is 1. The number of ether oxygens (including phenoxy) is 1. The summed E-state index contributed by atoms with van der Waals surface area (Å²) in [4.78, 5) is 16.7. The first kappa shape index (κ1) is 16.1. The molecule has 0 saturated heterocycles. The van der Waals surface area contributed by atoms with Crippen LogP contribution in [0, 0.1) is 0 Å². The zero-order chi connectivity index (χ0) is 16.2. The van der Waals surface area contributed by atoms with Crippen LogP contribution in [-0.2, 0) is 9.16 Å². The van der Waals surface area contributed by atoms with Crippen molar-refractivity contribution in [2.24, 2.45) is 0 Å². The van der Waals surface area contributed by atoms with E-state index < -0.39 is 5.97 Å². The monoisotopic (exact) mass is 424 g/mol. The Bertz CT molecular complexity index is 719. The second-order valence-electron chi connectivity index (χ2n) is 5.30. The van der Waals surface area contributed by atoms with Gasteiger partial charge in [0, 0.05) is 16.0 Å². The summed E-state index contributed by atoms with van der Waals surface area (Å²) in [6, 6.07) is 7.71. The predicted octanol–water partition coefficient (Wildman–Crippen LogP) is 3.60. The number of anilines is 2. The van der Waals surface area contributed by atoms with E-state index in [-0.39, 0.29) is 5.69 Å². The van der Waals surface area contributed by atoms with Crippen LogP contribution in [0.2, 0.25) is 0 Å². The fourth-order valence-electron chi connectivity index (χ4n) is 2.21. The van der Waals surface area contributed by atoms with Crippen LogP contribution in [-0.4, -0.2) is 27.8 Å². The molecule has 0 aromatic carbocycles. The van der Waals surface area contributed by atoms with E-state index in [1.807, 2.05) is 24.3 Å². The fraction of sp³-hybridized carbons (Fsp3) is 0.375. The molecule has 1 N–H and O–H groups in total. The molecule has 0 radical (unpaired) electrons. The van der Waals surface area contributed by atoms with Crippen molar-refractivity contribution in [3.8, 4) is 0 Å². The standard InChI is InChI=1S/C16H17IN4O2/c1-2-23-16(22)15-13(8-11(9-17)20-21-15)19-14-5-3-4-12(18-14)10-6-7-10/h3-5,8,10H,2,6-7,9H2,1H3,(H,18,19,20). The van der Waals surface area contributed by atoms with Crippen molar-refractivity contribution in [3.63, 3.8) is 0 Å². The molecule has 23 heavy (non-hydrogen) atoms. The normalized spacial score (nSPS) is 13.7. The van der Waals surface area contributed by atoms with Crippen molar-refractivity contribution < 1.29 is 9.53 Å². The summed E-state index contributed by atoms with van der Waals surface area (Å²) in [5.41, 5.74) is 2.63. The average Bonchev–Trinajstić information content (AvgIpc) is 3.40. The Morgan fingerprint density at radius 1 is 1.39 bits per heavy atom. The second kappa shape index (κ2) is 7.20. The lowest BCUT2D eigenvalue weighted by molar-refractivity contribution is 0.0519. The van der Waals surface area contributed by atoms with Crippen molar-refractivity contribution in [1.82, 2.24) is 15.2 Å². The molecule has 7 heteroatoms. The molecular weight excluding hydrogens is 407 g/mol. The van der Waals surface area contributed by atoms with E-state index >= 15 is 0 Å². The van der Waals surface area contributed by atoms with Gasteiger partial charge in [0.25, 0.3) is 0 Å². The van der Waals surface area contributed by atoms with Crippen LogP contribution in [0.25, 0.3) is 0 Å². The number of pyridine rings is 1. The van der Waals surface area contributed by atoms with Crippen LogP contribution < -0.4 is 5.32 Å². The summed E-state index contributed by atoms with van der Waals surface area (Å²) in [5.74, 6) is 0.787. The van der Waals surface area contributed by atoms with Crippen LogP contribution in [0.15, 0.2) is 24.3 Å². The molecule has 2 heterocycles. The maximum Gasteiger partial charge on any atom is 0.361 e. The number of nitrogens with zero attached hydrogens (tertiary/aromatic N) is 3. The highest BCUT2D eigenvalue weighted by molar-refractivity contribution is 14.1. The molecule has 120 valence electrons. The smallest absolute Gasteiger partial charge is 0.361 e. The van der Waals surface area contributed by atoms with Crippen LogP contribution in [0.1, 0.15) is 47.6 Å². The van der Waals surface area contributed by atoms with E-state index in [0.717, 1.165) is 11.4 Å². The summed E-state index contributed by atoms with van der Waals surface area (Å²) in [6.45, 7) is 2.06. The molecule has 2 aromatic rings. The van der Waals surface area contributed by atoms with E-state index in [1.54, 1.807) is 6.92 Å². The molecule has 0 amide bonds. The molecule has 0 bridgehead atoms. The van der Waals surface area contributed by atoms with Gasteiger partial charge in [-0.1, -0.05) is 28.7 Å². The summed E-state index contributed by atoms with van der Waals surface area (Å²) in [7, 11) is 0. The van der Waals surface area contributed by atoms with E-state index in [9.17, 15) is 4.79 Å². The summed E-state index contributed by atoms with van der Waals surface area (Å²) in [5, 5.41) is 11.2. The largest absolute Gasteiger partial charge is 0.461 e. The van der Waals surface area contributed by atoms with Gasteiger partial charge < -0.3 is 10.1 Å². The first-order chi connectivity index (χ1) is 11.2. The second-order valence-corrected chi connectivity index (χ2v) is 6.06. The van der Waals surface area contributed by atoms with Crippen molar-refractivity contribution in [2.75, 3.05) is 11.9 Å². The molecule has 6 nitrogen and oxygen atoms in total. The lowest BCUT2D eigenvalue weighted by Crippen LogP contribution is -2.12. The van der Waals surface area contributed by atoms with E-state index in [1.165, 1.54) is 12.8 Å². The molecule has 1 saturated carbocycles. The zero-order valence-electron chi connectivity index (χ0n) is 12.8. The Morgan fingerprint density at radius 3 is 2.91 bits per heavy atom. The number of carbonyl (C=O) groups excluding carboxylic acids is 1. The minimum atomic E-state index is -0.485.